The number of hydrogen-bond acceptors (Lipinski definition) is 3. The average molecular weight is 372 g/mol. The van der Waals surface area contributed by atoms with Crippen molar-refractivity contribution in [3.05, 3.63) is 47.0 Å². The number of carbonyl (C=O) groups is 1. The summed E-state index contributed by atoms with van der Waals surface area (Å²) >= 11 is 0. The molecule has 146 valence electrons. The zero-order chi connectivity index (χ0) is 19.8. The molecule has 2 heterocycles. The van der Waals surface area contributed by atoms with Crippen molar-refractivity contribution in [2.24, 2.45) is 0 Å². The smallest absolute Gasteiger partial charge is 0.272 e. The van der Waals surface area contributed by atoms with Crippen LogP contribution >= 0.6 is 0 Å². The highest BCUT2D eigenvalue weighted by atomic mass is 19.1. The number of halogens is 1. The first-order chi connectivity index (χ1) is 12.6. The second-order valence-electron chi connectivity index (χ2n) is 8.47. The maximum atomic E-state index is 14.2. The van der Waals surface area contributed by atoms with E-state index in [0.29, 0.717) is 17.9 Å². The molecule has 0 saturated carbocycles. The van der Waals surface area contributed by atoms with Crippen LogP contribution in [0.4, 0.5) is 10.1 Å². The lowest BCUT2D eigenvalue weighted by Gasteiger charge is -2.35. The Balaban J connectivity index is 1.71. The Morgan fingerprint density at radius 1 is 1.26 bits per heavy atom. The van der Waals surface area contributed by atoms with Gasteiger partial charge in [-0.3, -0.25) is 9.48 Å². The average Bonchev–Trinajstić information content (AvgIpc) is 2.99. The lowest BCUT2D eigenvalue weighted by molar-refractivity contribution is 0.0926. The summed E-state index contributed by atoms with van der Waals surface area (Å²) in [6.07, 6.45) is 1.79. The monoisotopic (exact) mass is 372 g/mol. The number of nitrogens with zero attached hydrogens (tertiary/aromatic N) is 3. The van der Waals surface area contributed by atoms with E-state index in [4.69, 9.17) is 0 Å². The summed E-state index contributed by atoms with van der Waals surface area (Å²) in [7, 11) is 0. The predicted molar refractivity (Wildman–Crippen MR) is 106 cm³/mol. The number of rotatable bonds is 3. The third kappa shape index (κ3) is 4.31. The number of carbonyl (C=O) groups excluding carboxylic acids is 1. The zero-order valence-electron chi connectivity index (χ0n) is 16.8. The second-order valence-corrected chi connectivity index (χ2v) is 8.47. The molecule has 1 aliphatic heterocycles. The highest BCUT2D eigenvalue weighted by molar-refractivity contribution is 5.92. The molecule has 2 aromatic rings. The van der Waals surface area contributed by atoms with E-state index in [2.05, 4.69) is 31.2 Å². The molecule has 5 nitrogen and oxygen atoms in total. The van der Waals surface area contributed by atoms with Gasteiger partial charge >= 0.3 is 0 Å². The van der Waals surface area contributed by atoms with Crippen LogP contribution in [0, 0.1) is 19.7 Å². The normalized spacial score (nSPS) is 17.9. The lowest BCUT2D eigenvalue weighted by Crippen LogP contribution is -2.48. The van der Waals surface area contributed by atoms with Crippen molar-refractivity contribution in [3.8, 4) is 0 Å². The molecule has 1 amide bonds. The molecule has 3 rings (SSSR count). The highest BCUT2D eigenvalue weighted by Crippen LogP contribution is 2.25. The Morgan fingerprint density at radius 2 is 2.00 bits per heavy atom. The largest absolute Gasteiger partial charge is 0.367 e. The van der Waals surface area contributed by atoms with Crippen molar-refractivity contribution in [1.29, 1.82) is 0 Å². The highest BCUT2D eigenvalue weighted by Gasteiger charge is 2.26. The van der Waals surface area contributed by atoms with E-state index in [1.807, 2.05) is 35.6 Å². The minimum atomic E-state index is -0.216. The predicted octanol–water partition coefficient (Wildman–Crippen LogP) is 3.79. The molecular weight excluding hydrogens is 343 g/mol. The van der Waals surface area contributed by atoms with Crippen molar-refractivity contribution in [3.63, 3.8) is 0 Å². The standard InChI is InChI=1S/C21H29FN4O/c1-14-8-9-17(22)19(11-14)25-10-6-7-16(13-25)23-20(27)18-12-15(2)26(24-18)21(3,4)5/h8-9,11-12,16H,6-7,10,13H2,1-5H3,(H,23,27). The van der Waals surface area contributed by atoms with E-state index in [-0.39, 0.29) is 23.3 Å². The minimum absolute atomic E-state index is 0.0220. The van der Waals surface area contributed by atoms with Gasteiger partial charge in [0.25, 0.3) is 5.91 Å². The molecule has 1 atom stereocenters. The van der Waals surface area contributed by atoms with E-state index < -0.39 is 0 Å². The Kier molecular flexibility index (Phi) is 5.27. The van der Waals surface area contributed by atoms with Gasteiger partial charge in [-0.1, -0.05) is 6.07 Å². The van der Waals surface area contributed by atoms with E-state index >= 15 is 0 Å². The number of amides is 1. The van der Waals surface area contributed by atoms with Crippen molar-refractivity contribution in [1.82, 2.24) is 15.1 Å². The third-order valence-electron chi connectivity index (χ3n) is 4.95. The quantitative estimate of drug-likeness (QED) is 0.892. The van der Waals surface area contributed by atoms with Crippen LogP contribution in [0.1, 0.15) is 55.4 Å². The molecule has 1 saturated heterocycles. The molecular formula is C21H29FN4O. The Morgan fingerprint density at radius 3 is 2.67 bits per heavy atom. The third-order valence-corrected chi connectivity index (χ3v) is 4.95. The minimum Gasteiger partial charge on any atom is -0.367 e. The first kappa shape index (κ1) is 19.4. The van der Waals surface area contributed by atoms with Gasteiger partial charge in [0.1, 0.15) is 11.5 Å². The fraction of sp³-hybridized carbons (Fsp3) is 0.524. The maximum absolute atomic E-state index is 14.2. The van der Waals surface area contributed by atoms with Gasteiger partial charge in [-0.25, -0.2) is 4.39 Å². The summed E-state index contributed by atoms with van der Waals surface area (Å²) in [5, 5.41) is 7.56. The van der Waals surface area contributed by atoms with Crippen LogP contribution in [0.25, 0.3) is 0 Å². The van der Waals surface area contributed by atoms with Crippen LogP contribution < -0.4 is 10.2 Å². The SMILES string of the molecule is Cc1ccc(F)c(N2CCCC(NC(=O)c3cc(C)n(C(C)(C)C)n3)C2)c1. The number of benzene rings is 1. The van der Waals surface area contributed by atoms with Gasteiger partial charge in [0, 0.05) is 24.8 Å². The van der Waals surface area contributed by atoms with Crippen molar-refractivity contribution in [2.75, 3.05) is 18.0 Å². The van der Waals surface area contributed by atoms with E-state index in [1.165, 1.54) is 6.07 Å². The molecule has 1 N–H and O–H groups in total. The first-order valence-electron chi connectivity index (χ1n) is 9.54. The number of aryl methyl sites for hydroxylation is 2. The van der Waals surface area contributed by atoms with Crippen LogP contribution in [0.5, 0.6) is 0 Å². The summed E-state index contributed by atoms with van der Waals surface area (Å²) in [6.45, 7) is 11.5. The molecule has 1 fully saturated rings. The van der Waals surface area contributed by atoms with Crippen LogP contribution in [0.2, 0.25) is 0 Å². The molecule has 0 spiro atoms. The topological polar surface area (TPSA) is 50.2 Å². The molecule has 1 aromatic carbocycles. The van der Waals surface area contributed by atoms with Gasteiger partial charge in [0.05, 0.1) is 11.2 Å². The summed E-state index contributed by atoms with van der Waals surface area (Å²) in [5.41, 5.74) is 2.86. The van der Waals surface area contributed by atoms with Crippen molar-refractivity contribution < 1.29 is 9.18 Å². The van der Waals surface area contributed by atoms with Crippen LogP contribution in [-0.2, 0) is 5.54 Å². The van der Waals surface area contributed by atoms with Crippen LogP contribution in [0.15, 0.2) is 24.3 Å². The van der Waals surface area contributed by atoms with E-state index in [9.17, 15) is 9.18 Å². The number of anilines is 1. The molecule has 0 aliphatic carbocycles. The Hall–Kier alpha value is -2.37. The summed E-state index contributed by atoms with van der Waals surface area (Å²) in [5.74, 6) is -0.384. The van der Waals surface area contributed by atoms with Gasteiger partial charge in [-0.15, -0.1) is 0 Å². The molecule has 1 aromatic heterocycles. The second kappa shape index (κ2) is 7.33. The first-order valence-corrected chi connectivity index (χ1v) is 9.54. The fourth-order valence-electron chi connectivity index (χ4n) is 3.70. The van der Waals surface area contributed by atoms with Gasteiger partial charge in [0.2, 0.25) is 0 Å². The van der Waals surface area contributed by atoms with Crippen molar-refractivity contribution >= 4 is 11.6 Å². The molecule has 1 unspecified atom stereocenters. The fourth-order valence-corrected chi connectivity index (χ4v) is 3.70. The number of hydrogen-bond donors (Lipinski definition) is 1. The number of piperidine rings is 1. The Bertz CT molecular complexity index is 837. The molecule has 6 heteroatoms. The maximum Gasteiger partial charge on any atom is 0.272 e. The lowest BCUT2D eigenvalue weighted by atomic mass is 10.0. The summed E-state index contributed by atoms with van der Waals surface area (Å²) in [4.78, 5) is 14.7. The summed E-state index contributed by atoms with van der Waals surface area (Å²) in [6, 6.07) is 6.95. The van der Waals surface area contributed by atoms with Gasteiger partial charge in [-0.2, -0.15) is 5.10 Å². The molecule has 27 heavy (non-hydrogen) atoms. The number of nitrogens with one attached hydrogen (secondary N) is 1. The number of aromatic nitrogens is 2. The Labute approximate surface area is 160 Å². The molecule has 0 radical (unpaired) electrons. The van der Waals surface area contributed by atoms with Gasteiger partial charge in [-0.05, 0) is 71.2 Å². The summed E-state index contributed by atoms with van der Waals surface area (Å²) < 4.78 is 16.1. The van der Waals surface area contributed by atoms with Gasteiger partial charge in [0.15, 0.2) is 0 Å². The van der Waals surface area contributed by atoms with Crippen LogP contribution in [-0.4, -0.2) is 34.8 Å². The van der Waals surface area contributed by atoms with Crippen molar-refractivity contribution in [2.45, 2.75) is 59.0 Å². The van der Waals surface area contributed by atoms with E-state index in [0.717, 1.165) is 30.6 Å². The molecule has 0 bridgehead atoms. The van der Waals surface area contributed by atoms with Crippen LogP contribution in [0.3, 0.4) is 0 Å². The van der Waals surface area contributed by atoms with E-state index in [1.54, 1.807) is 6.07 Å². The molecule has 1 aliphatic rings. The zero-order valence-corrected chi connectivity index (χ0v) is 16.8. The van der Waals surface area contributed by atoms with Gasteiger partial charge < -0.3 is 10.2 Å².